The van der Waals surface area contributed by atoms with E-state index in [4.69, 9.17) is 4.42 Å². The van der Waals surface area contributed by atoms with Gasteiger partial charge in [-0.2, -0.15) is 5.26 Å². The third-order valence-corrected chi connectivity index (χ3v) is 4.99. The molecule has 4 rings (SSSR count). The maximum Gasteiger partial charge on any atom is 0.264 e. The molecule has 0 saturated heterocycles. The van der Waals surface area contributed by atoms with E-state index in [2.05, 4.69) is 21.6 Å². The number of nitrogens with one attached hydrogen (secondary N) is 1. The Hall–Kier alpha value is -3.50. The molecule has 0 saturated carbocycles. The van der Waals surface area contributed by atoms with E-state index in [9.17, 15) is 9.65 Å². The molecule has 0 bridgehead atoms. The summed E-state index contributed by atoms with van der Waals surface area (Å²) in [5.41, 5.74) is 2.78. The summed E-state index contributed by atoms with van der Waals surface area (Å²) in [6.07, 6.45) is 1.83. The lowest BCUT2D eigenvalue weighted by Crippen LogP contribution is -1.99. The zero-order valence-electron chi connectivity index (χ0n) is 14.2. The average Bonchev–Trinajstić information content (AvgIpc) is 3.36. The Bertz CT molecular complexity index is 1180. The van der Waals surface area contributed by atoms with Crippen molar-refractivity contribution in [3.05, 3.63) is 71.2 Å². The lowest BCUT2D eigenvalue weighted by molar-refractivity contribution is 0.553. The van der Waals surface area contributed by atoms with Crippen LogP contribution in [0.1, 0.15) is 18.4 Å². The SMILES string of the molecule is CC=C(Nc1ccc(C#N)c2sccc12)c1nnc(-c2ccc(F)cc2)o1. The molecule has 2 aromatic carbocycles. The van der Waals surface area contributed by atoms with Gasteiger partial charge in [0.1, 0.15) is 11.9 Å². The predicted molar refractivity (Wildman–Crippen MR) is 104 cm³/mol. The minimum atomic E-state index is -0.324. The molecule has 0 unspecified atom stereocenters. The van der Waals surface area contributed by atoms with Crippen LogP contribution in [0.25, 0.3) is 27.2 Å². The van der Waals surface area contributed by atoms with Gasteiger partial charge in [0.05, 0.1) is 16.0 Å². The van der Waals surface area contributed by atoms with Crippen LogP contribution >= 0.6 is 11.3 Å². The molecule has 0 aliphatic carbocycles. The van der Waals surface area contributed by atoms with Gasteiger partial charge in [-0.25, -0.2) is 4.39 Å². The zero-order chi connectivity index (χ0) is 18.8. The smallest absolute Gasteiger partial charge is 0.264 e. The van der Waals surface area contributed by atoms with Crippen LogP contribution in [0.4, 0.5) is 10.1 Å². The van der Waals surface area contributed by atoms with Gasteiger partial charge in [0.25, 0.3) is 5.89 Å². The number of hydrogen-bond acceptors (Lipinski definition) is 6. The normalized spacial score (nSPS) is 11.5. The van der Waals surface area contributed by atoms with Gasteiger partial charge in [-0.1, -0.05) is 6.08 Å². The van der Waals surface area contributed by atoms with E-state index in [1.165, 1.54) is 23.5 Å². The molecular weight excluding hydrogens is 363 g/mol. The third kappa shape index (κ3) is 3.18. The Morgan fingerprint density at radius 2 is 2.00 bits per heavy atom. The van der Waals surface area contributed by atoms with Crippen molar-refractivity contribution >= 4 is 32.8 Å². The lowest BCUT2D eigenvalue weighted by Gasteiger charge is -2.09. The van der Waals surface area contributed by atoms with Gasteiger partial charge in [-0.15, -0.1) is 21.5 Å². The molecule has 132 valence electrons. The number of halogens is 1. The van der Waals surface area contributed by atoms with E-state index in [-0.39, 0.29) is 5.82 Å². The first-order valence-electron chi connectivity index (χ1n) is 8.13. The molecule has 0 atom stereocenters. The van der Waals surface area contributed by atoms with E-state index in [0.717, 1.165) is 15.8 Å². The Morgan fingerprint density at radius 1 is 1.19 bits per heavy atom. The van der Waals surface area contributed by atoms with Crippen molar-refractivity contribution in [3.63, 3.8) is 0 Å². The van der Waals surface area contributed by atoms with Gasteiger partial charge in [-0.3, -0.25) is 0 Å². The summed E-state index contributed by atoms with van der Waals surface area (Å²) in [5.74, 6) is 0.311. The predicted octanol–water partition coefficient (Wildman–Crippen LogP) is 5.43. The standard InChI is InChI=1S/C20H13FN4OS/c1-2-16(20-25-24-19(26-20)12-3-6-14(21)7-4-12)23-17-8-5-13(11-22)18-15(17)9-10-27-18/h2-10,23H,1H3. The average molecular weight is 376 g/mol. The number of hydrogen-bond donors (Lipinski definition) is 1. The van der Waals surface area contributed by atoms with Gasteiger partial charge < -0.3 is 9.73 Å². The van der Waals surface area contributed by atoms with Crippen molar-refractivity contribution in [2.45, 2.75) is 6.92 Å². The van der Waals surface area contributed by atoms with Gasteiger partial charge in [0, 0.05) is 16.6 Å². The molecule has 7 heteroatoms. The number of anilines is 1. The molecule has 5 nitrogen and oxygen atoms in total. The van der Waals surface area contributed by atoms with Crippen molar-refractivity contribution in [1.29, 1.82) is 5.26 Å². The van der Waals surface area contributed by atoms with Crippen LogP contribution in [-0.2, 0) is 0 Å². The van der Waals surface area contributed by atoms with E-state index in [1.807, 2.05) is 30.5 Å². The summed E-state index contributed by atoms with van der Waals surface area (Å²) in [6.45, 7) is 1.86. The van der Waals surface area contributed by atoms with E-state index >= 15 is 0 Å². The van der Waals surface area contributed by atoms with Crippen molar-refractivity contribution in [2.24, 2.45) is 0 Å². The number of nitriles is 1. The summed E-state index contributed by atoms with van der Waals surface area (Å²) in [5, 5.41) is 23.6. The third-order valence-electron chi connectivity index (χ3n) is 4.04. The highest BCUT2D eigenvalue weighted by molar-refractivity contribution is 7.17. The maximum atomic E-state index is 13.1. The second-order valence-electron chi connectivity index (χ2n) is 5.68. The van der Waals surface area contributed by atoms with Gasteiger partial charge in [0.2, 0.25) is 5.89 Å². The highest BCUT2D eigenvalue weighted by atomic mass is 32.1. The van der Waals surface area contributed by atoms with Crippen molar-refractivity contribution in [2.75, 3.05) is 5.32 Å². The fraction of sp³-hybridized carbons (Fsp3) is 0.0500. The second kappa shape index (κ2) is 7.02. The number of thiophene rings is 1. The Kier molecular flexibility index (Phi) is 4.40. The summed E-state index contributed by atoms with van der Waals surface area (Å²) in [4.78, 5) is 0. The first kappa shape index (κ1) is 16.9. The Morgan fingerprint density at radius 3 is 2.74 bits per heavy atom. The van der Waals surface area contributed by atoms with E-state index in [0.29, 0.717) is 28.6 Å². The highest BCUT2D eigenvalue weighted by Crippen LogP contribution is 2.33. The summed E-state index contributed by atoms with van der Waals surface area (Å²) < 4.78 is 19.8. The number of nitrogens with zero attached hydrogens (tertiary/aromatic N) is 3. The van der Waals surface area contributed by atoms with Gasteiger partial charge in [0.15, 0.2) is 0 Å². The number of aromatic nitrogens is 2. The molecular formula is C20H13FN4OS. The first-order valence-corrected chi connectivity index (χ1v) is 9.01. The molecule has 2 aromatic heterocycles. The quantitative estimate of drug-likeness (QED) is 0.514. The molecule has 27 heavy (non-hydrogen) atoms. The van der Waals surface area contributed by atoms with Crippen LogP contribution in [0.3, 0.4) is 0 Å². The van der Waals surface area contributed by atoms with Crippen LogP contribution in [0.2, 0.25) is 0 Å². The molecule has 0 aliphatic heterocycles. The second-order valence-corrected chi connectivity index (χ2v) is 6.60. The molecule has 2 heterocycles. The Balaban J connectivity index is 1.66. The topological polar surface area (TPSA) is 74.7 Å². The van der Waals surface area contributed by atoms with Crippen molar-refractivity contribution in [1.82, 2.24) is 10.2 Å². The van der Waals surface area contributed by atoms with Gasteiger partial charge in [-0.05, 0) is 54.8 Å². The van der Waals surface area contributed by atoms with Gasteiger partial charge >= 0.3 is 0 Å². The molecule has 0 amide bonds. The number of fused-ring (bicyclic) bond motifs is 1. The molecule has 0 fully saturated rings. The maximum absolute atomic E-state index is 13.1. The first-order chi connectivity index (χ1) is 13.2. The van der Waals surface area contributed by atoms with Crippen LogP contribution < -0.4 is 5.32 Å². The molecule has 4 aromatic rings. The minimum Gasteiger partial charge on any atom is -0.415 e. The monoisotopic (exact) mass is 376 g/mol. The van der Waals surface area contributed by atoms with Crippen LogP contribution in [0.5, 0.6) is 0 Å². The lowest BCUT2D eigenvalue weighted by atomic mass is 10.1. The van der Waals surface area contributed by atoms with E-state index < -0.39 is 0 Å². The molecule has 0 spiro atoms. The molecule has 1 N–H and O–H groups in total. The summed E-state index contributed by atoms with van der Waals surface area (Å²) in [7, 11) is 0. The number of allylic oxidation sites excluding steroid dienone is 1. The zero-order valence-corrected chi connectivity index (χ0v) is 15.0. The molecule has 0 radical (unpaired) electrons. The number of benzene rings is 2. The fourth-order valence-corrected chi connectivity index (χ4v) is 3.58. The molecule has 0 aliphatic rings. The number of rotatable bonds is 4. The van der Waals surface area contributed by atoms with E-state index in [1.54, 1.807) is 18.2 Å². The van der Waals surface area contributed by atoms with Crippen LogP contribution in [-0.4, -0.2) is 10.2 Å². The minimum absolute atomic E-state index is 0.312. The van der Waals surface area contributed by atoms with Crippen LogP contribution in [0, 0.1) is 17.1 Å². The van der Waals surface area contributed by atoms with Crippen LogP contribution in [0.15, 0.2) is 58.3 Å². The summed E-state index contributed by atoms with van der Waals surface area (Å²) >= 11 is 1.52. The fourth-order valence-electron chi connectivity index (χ4n) is 2.69. The summed E-state index contributed by atoms with van der Waals surface area (Å²) in [6, 6.07) is 13.7. The largest absolute Gasteiger partial charge is 0.415 e. The highest BCUT2D eigenvalue weighted by Gasteiger charge is 2.14. The van der Waals surface area contributed by atoms with Crippen molar-refractivity contribution in [3.8, 4) is 17.5 Å². The Labute approximate surface area is 158 Å². The van der Waals surface area contributed by atoms with Crippen molar-refractivity contribution < 1.29 is 8.81 Å².